The number of aromatic nitrogens is 2. The largest absolute Gasteiger partial charge is 0.368 e. The number of aliphatic hydroxyl groups excluding tert-OH is 1. The van der Waals surface area contributed by atoms with Crippen molar-refractivity contribution in [2.45, 2.75) is 38.1 Å². The summed E-state index contributed by atoms with van der Waals surface area (Å²) in [5, 5.41) is 14.4. The number of aliphatic imine (C=N–C) groups is 1. The molecule has 216 valence electrons. The summed E-state index contributed by atoms with van der Waals surface area (Å²) < 4.78 is 1.94. The molecule has 1 atom stereocenters. The average molecular weight is 570 g/mol. The number of aliphatic hydroxyl groups is 1. The molecule has 7 heteroatoms. The Kier molecular flexibility index (Phi) is 7.49. The third-order valence-corrected chi connectivity index (χ3v) is 8.56. The lowest BCUT2D eigenvalue weighted by Gasteiger charge is -2.32. The zero-order chi connectivity index (χ0) is 29.2. The van der Waals surface area contributed by atoms with Crippen molar-refractivity contribution in [3.05, 3.63) is 142 Å². The summed E-state index contributed by atoms with van der Waals surface area (Å²) in [7, 11) is 0. The molecule has 0 spiro atoms. The zero-order valence-electron chi connectivity index (χ0n) is 24.0. The highest BCUT2D eigenvalue weighted by atomic mass is 16.3. The molecule has 1 saturated heterocycles. The van der Waals surface area contributed by atoms with Gasteiger partial charge in [-0.15, -0.1) is 0 Å². The number of nitrogens with zero attached hydrogens (tertiary/aromatic N) is 3. The van der Waals surface area contributed by atoms with Gasteiger partial charge in [0.05, 0.1) is 28.1 Å². The summed E-state index contributed by atoms with van der Waals surface area (Å²) in [6.45, 7) is 2.73. The van der Waals surface area contributed by atoms with Gasteiger partial charge in [0.2, 0.25) is 0 Å². The average Bonchev–Trinajstić information content (AvgIpc) is 3.39. The van der Waals surface area contributed by atoms with Crippen molar-refractivity contribution in [1.29, 1.82) is 0 Å². The Morgan fingerprint density at radius 3 is 2.19 bits per heavy atom. The highest BCUT2D eigenvalue weighted by Crippen LogP contribution is 2.31. The van der Waals surface area contributed by atoms with E-state index in [1.807, 2.05) is 65.2 Å². The fraction of sp³-hybridized carbons (Fsp3) is 0.222. The number of H-pyrrole nitrogens is 1. The number of benzene rings is 4. The molecule has 2 aliphatic rings. The van der Waals surface area contributed by atoms with Crippen molar-refractivity contribution < 1.29 is 5.11 Å². The van der Waals surface area contributed by atoms with Crippen LogP contribution in [0.4, 0.5) is 0 Å². The zero-order valence-corrected chi connectivity index (χ0v) is 24.0. The van der Waals surface area contributed by atoms with Crippen LogP contribution in [0.25, 0.3) is 22.4 Å². The molecule has 5 aromatic rings. The van der Waals surface area contributed by atoms with E-state index in [9.17, 15) is 9.90 Å². The Balaban J connectivity index is 1.08. The Morgan fingerprint density at radius 1 is 0.767 bits per heavy atom. The fourth-order valence-corrected chi connectivity index (χ4v) is 6.32. The topological polar surface area (TPSA) is 85.7 Å². The predicted molar refractivity (Wildman–Crippen MR) is 173 cm³/mol. The van der Waals surface area contributed by atoms with Crippen molar-refractivity contribution in [2.24, 2.45) is 4.99 Å². The second kappa shape index (κ2) is 11.9. The van der Waals surface area contributed by atoms with Crippen LogP contribution in [0.5, 0.6) is 0 Å². The van der Waals surface area contributed by atoms with E-state index < -0.39 is 6.23 Å². The van der Waals surface area contributed by atoms with Gasteiger partial charge in [0.25, 0.3) is 0 Å². The second-order valence-corrected chi connectivity index (χ2v) is 11.4. The highest BCUT2D eigenvalue weighted by Gasteiger charge is 2.26. The summed E-state index contributed by atoms with van der Waals surface area (Å²) >= 11 is 0. The number of fused-ring (bicyclic) bond motifs is 1. The molecular formula is C36H35N5O2. The predicted octanol–water partition coefficient (Wildman–Crippen LogP) is 5.60. The minimum Gasteiger partial charge on any atom is -0.368 e. The van der Waals surface area contributed by atoms with Crippen LogP contribution in [0.1, 0.15) is 41.1 Å². The molecule has 0 radical (unpaired) electrons. The molecule has 3 N–H and O–H groups in total. The van der Waals surface area contributed by atoms with E-state index in [0.29, 0.717) is 12.1 Å². The summed E-state index contributed by atoms with van der Waals surface area (Å²) in [6.07, 6.45) is 1.59. The van der Waals surface area contributed by atoms with E-state index in [0.717, 1.165) is 71.6 Å². The SMILES string of the molecule is O=c1[nH]c2ccccc2n1C1CCN(Cc2ccc(C3=C(c4ccccc4)N=C(Cc4ccccc4)C(O)N3)cc2)CC1. The Labute approximate surface area is 250 Å². The first-order chi connectivity index (χ1) is 21.1. The first-order valence-electron chi connectivity index (χ1n) is 15.0. The second-order valence-electron chi connectivity index (χ2n) is 11.4. The summed E-state index contributed by atoms with van der Waals surface area (Å²) in [6, 6.07) is 37.0. The number of hydrogen-bond donors (Lipinski definition) is 3. The Morgan fingerprint density at radius 2 is 1.44 bits per heavy atom. The number of hydrogen-bond acceptors (Lipinski definition) is 5. The van der Waals surface area contributed by atoms with Crippen molar-refractivity contribution in [1.82, 2.24) is 19.8 Å². The Bertz CT molecular complexity index is 1830. The molecule has 2 aliphatic heterocycles. The minimum absolute atomic E-state index is 0.0163. The molecule has 7 nitrogen and oxygen atoms in total. The lowest BCUT2D eigenvalue weighted by atomic mass is 9.99. The third kappa shape index (κ3) is 5.69. The number of para-hydroxylation sites is 2. The fourth-order valence-electron chi connectivity index (χ4n) is 6.32. The van der Waals surface area contributed by atoms with Gasteiger partial charge in [0.1, 0.15) is 0 Å². The monoisotopic (exact) mass is 569 g/mol. The molecule has 43 heavy (non-hydrogen) atoms. The maximum Gasteiger partial charge on any atom is 0.326 e. The van der Waals surface area contributed by atoms with Crippen LogP contribution in [-0.4, -0.2) is 44.6 Å². The first kappa shape index (κ1) is 27.1. The van der Waals surface area contributed by atoms with Gasteiger partial charge in [-0.3, -0.25) is 9.47 Å². The molecule has 0 amide bonds. The van der Waals surface area contributed by atoms with E-state index in [4.69, 9.17) is 4.99 Å². The quantitative estimate of drug-likeness (QED) is 0.238. The van der Waals surface area contributed by atoms with Crippen molar-refractivity contribution in [3.8, 4) is 0 Å². The van der Waals surface area contributed by atoms with E-state index in [1.54, 1.807) is 0 Å². The maximum absolute atomic E-state index is 12.7. The molecule has 0 bridgehead atoms. The van der Waals surface area contributed by atoms with Gasteiger partial charge in [0, 0.05) is 37.7 Å². The third-order valence-electron chi connectivity index (χ3n) is 8.56. The highest BCUT2D eigenvalue weighted by molar-refractivity contribution is 6.03. The van der Waals surface area contributed by atoms with Crippen LogP contribution in [0, 0.1) is 0 Å². The Hall–Kier alpha value is -4.72. The van der Waals surface area contributed by atoms with Gasteiger partial charge in [0.15, 0.2) is 6.23 Å². The van der Waals surface area contributed by atoms with Gasteiger partial charge < -0.3 is 15.4 Å². The van der Waals surface area contributed by atoms with Gasteiger partial charge in [-0.2, -0.15) is 0 Å². The van der Waals surface area contributed by atoms with Gasteiger partial charge >= 0.3 is 5.69 Å². The molecule has 0 aliphatic carbocycles. The molecule has 0 saturated carbocycles. The number of likely N-dealkylation sites (tertiary alicyclic amines) is 1. The molecular weight excluding hydrogens is 534 g/mol. The molecule has 1 unspecified atom stereocenters. The van der Waals surface area contributed by atoms with E-state index in [2.05, 4.69) is 63.7 Å². The number of nitrogens with one attached hydrogen (secondary N) is 2. The van der Waals surface area contributed by atoms with Crippen LogP contribution < -0.4 is 11.0 Å². The van der Waals surface area contributed by atoms with Crippen LogP contribution in [0.2, 0.25) is 0 Å². The standard InChI is InChI=1S/C36H35N5O2/c42-35-31(23-25-9-3-1-4-10-25)37-33(27-11-5-2-6-12-27)34(39-35)28-17-15-26(16-18-28)24-40-21-19-29(20-22-40)41-32-14-8-7-13-30(32)38-36(41)43/h1-18,29,35,39,42H,19-24H2,(H,38,43). The summed E-state index contributed by atoms with van der Waals surface area (Å²) in [4.78, 5) is 23.1. The van der Waals surface area contributed by atoms with Gasteiger partial charge in [-0.05, 0) is 41.7 Å². The molecule has 1 aromatic heterocycles. The number of rotatable bonds is 7. The first-order valence-corrected chi connectivity index (χ1v) is 15.0. The van der Waals surface area contributed by atoms with Gasteiger partial charge in [-0.25, -0.2) is 9.79 Å². The van der Waals surface area contributed by atoms with Crippen LogP contribution >= 0.6 is 0 Å². The maximum atomic E-state index is 12.7. The normalized spacial score (nSPS) is 18.1. The van der Waals surface area contributed by atoms with Crippen molar-refractivity contribution in [3.63, 3.8) is 0 Å². The smallest absolute Gasteiger partial charge is 0.326 e. The van der Waals surface area contributed by atoms with E-state index in [-0.39, 0.29) is 11.7 Å². The molecule has 4 aromatic carbocycles. The summed E-state index contributed by atoms with van der Waals surface area (Å²) in [5.41, 5.74) is 8.57. The van der Waals surface area contributed by atoms with E-state index >= 15 is 0 Å². The number of piperidine rings is 1. The van der Waals surface area contributed by atoms with Crippen LogP contribution in [0.3, 0.4) is 0 Å². The van der Waals surface area contributed by atoms with Crippen LogP contribution in [0.15, 0.2) is 119 Å². The lowest BCUT2D eigenvalue weighted by molar-refractivity contribution is 0.180. The molecule has 7 rings (SSSR count). The number of aromatic amines is 1. The molecule has 3 heterocycles. The molecule has 1 fully saturated rings. The minimum atomic E-state index is -0.867. The summed E-state index contributed by atoms with van der Waals surface area (Å²) in [5.74, 6) is 0. The van der Waals surface area contributed by atoms with Crippen molar-refractivity contribution in [2.75, 3.05) is 13.1 Å². The number of imidazole rings is 1. The van der Waals surface area contributed by atoms with E-state index in [1.165, 1.54) is 5.56 Å². The lowest BCUT2D eigenvalue weighted by Crippen LogP contribution is -2.39. The van der Waals surface area contributed by atoms with Crippen molar-refractivity contribution >= 4 is 28.1 Å². The van der Waals surface area contributed by atoms with Crippen LogP contribution in [-0.2, 0) is 13.0 Å². The van der Waals surface area contributed by atoms with Gasteiger partial charge in [-0.1, -0.05) is 97.1 Å².